The first-order chi connectivity index (χ1) is 7.22. The lowest BCUT2D eigenvalue weighted by molar-refractivity contribution is -0.132. The Morgan fingerprint density at radius 3 is 2.50 bits per heavy atom. The van der Waals surface area contributed by atoms with E-state index < -0.39 is 0 Å². The standard InChI is InChI=1S/C13H28N2O/c1-12(2,3)6-7-15-9-11(8-14)16-13(4,5)10-15/h11H,6-10,14H2,1-5H3. The molecule has 0 aromatic rings. The van der Waals surface area contributed by atoms with E-state index >= 15 is 0 Å². The van der Waals surface area contributed by atoms with Gasteiger partial charge in [0.2, 0.25) is 0 Å². The topological polar surface area (TPSA) is 38.5 Å². The summed E-state index contributed by atoms with van der Waals surface area (Å²) < 4.78 is 5.92. The number of ether oxygens (including phenoxy) is 1. The third kappa shape index (κ3) is 4.81. The maximum Gasteiger partial charge on any atom is 0.0831 e. The van der Waals surface area contributed by atoms with Crippen LogP contribution >= 0.6 is 0 Å². The van der Waals surface area contributed by atoms with Crippen molar-refractivity contribution in [3.05, 3.63) is 0 Å². The van der Waals surface area contributed by atoms with Gasteiger partial charge in [-0.15, -0.1) is 0 Å². The Bertz CT molecular complexity index is 220. The molecule has 3 heteroatoms. The fourth-order valence-electron chi connectivity index (χ4n) is 2.20. The zero-order chi connectivity index (χ0) is 12.4. The van der Waals surface area contributed by atoms with Crippen LogP contribution in [-0.2, 0) is 4.74 Å². The number of rotatable bonds is 3. The van der Waals surface area contributed by atoms with E-state index in [9.17, 15) is 0 Å². The van der Waals surface area contributed by atoms with Gasteiger partial charge in [0.05, 0.1) is 11.7 Å². The number of hydrogen-bond donors (Lipinski definition) is 1. The third-order valence-corrected chi connectivity index (χ3v) is 2.99. The summed E-state index contributed by atoms with van der Waals surface area (Å²) in [5.74, 6) is 0. The van der Waals surface area contributed by atoms with Gasteiger partial charge in [-0.1, -0.05) is 20.8 Å². The Kier molecular flexibility index (Phi) is 4.38. The molecule has 1 aliphatic rings. The van der Waals surface area contributed by atoms with Crippen molar-refractivity contribution in [1.82, 2.24) is 4.90 Å². The molecule has 1 heterocycles. The molecule has 2 N–H and O–H groups in total. The van der Waals surface area contributed by atoms with E-state index in [2.05, 4.69) is 39.5 Å². The first-order valence-corrected chi connectivity index (χ1v) is 6.32. The van der Waals surface area contributed by atoms with Crippen LogP contribution in [0.1, 0.15) is 41.0 Å². The fraction of sp³-hybridized carbons (Fsp3) is 1.00. The van der Waals surface area contributed by atoms with Crippen LogP contribution in [-0.4, -0.2) is 42.8 Å². The summed E-state index contributed by atoms with van der Waals surface area (Å²) in [6.07, 6.45) is 1.42. The number of nitrogens with zero attached hydrogens (tertiary/aromatic N) is 1. The molecule has 0 aromatic carbocycles. The lowest BCUT2D eigenvalue weighted by atomic mass is 9.91. The molecule has 1 saturated heterocycles. The minimum atomic E-state index is -0.0554. The molecular formula is C13H28N2O. The van der Waals surface area contributed by atoms with Crippen molar-refractivity contribution in [3.8, 4) is 0 Å². The van der Waals surface area contributed by atoms with Gasteiger partial charge in [0.25, 0.3) is 0 Å². The quantitative estimate of drug-likeness (QED) is 0.801. The second kappa shape index (κ2) is 5.03. The van der Waals surface area contributed by atoms with Crippen molar-refractivity contribution in [2.24, 2.45) is 11.1 Å². The Morgan fingerprint density at radius 1 is 1.38 bits per heavy atom. The van der Waals surface area contributed by atoms with Gasteiger partial charge in [-0.2, -0.15) is 0 Å². The smallest absolute Gasteiger partial charge is 0.0831 e. The summed E-state index contributed by atoms with van der Waals surface area (Å²) in [7, 11) is 0. The number of morpholine rings is 1. The van der Waals surface area contributed by atoms with Gasteiger partial charge in [-0.05, 0) is 32.2 Å². The van der Waals surface area contributed by atoms with Crippen LogP contribution in [0, 0.1) is 5.41 Å². The third-order valence-electron chi connectivity index (χ3n) is 2.99. The predicted octanol–water partition coefficient (Wildman–Crippen LogP) is 1.86. The lowest BCUT2D eigenvalue weighted by Crippen LogP contribution is -2.55. The van der Waals surface area contributed by atoms with Crippen LogP contribution < -0.4 is 5.73 Å². The number of nitrogens with two attached hydrogens (primary N) is 1. The highest BCUT2D eigenvalue weighted by atomic mass is 16.5. The van der Waals surface area contributed by atoms with Gasteiger partial charge in [-0.25, -0.2) is 0 Å². The summed E-state index contributed by atoms with van der Waals surface area (Å²) in [5.41, 5.74) is 6.06. The predicted molar refractivity (Wildman–Crippen MR) is 68.5 cm³/mol. The molecule has 16 heavy (non-hydrogen) atoms. The van der Waals surface area contributed by atoms with Crippen molar-refractivity contribution < 1.29 is 4.74 Å². The molecule has 0 amide bonds. The summed E-state index contributed by atoms with van der Waals surface area (Å²) in [5, 5.41) is 0. The molecule has 1 aliphatic heterocycles. The van der Waals surface area contributed by atoms with E-state index in [4.69, 9.17) is 10.5 Å². The van der Waals surface area contributed by atoms with Crippen LogP contribution in [0.4, 0.5) is 0 Å². The van der Waals surface area contributed by atoms with Gasteiger partial charge < -0.3 is 10.5 Å². The van der Waals surface area contributed by atoms with Crippen molar-refractivity contribution in [2.75, 3.05) is 26.2 Å². The highest BCUT2D eigenvalue weighted by molar-refractivity contribution is 4.85. The minimum absolute atomic E-state index is 0.0554. The molecule has 1 rings (SSSR count). The Balaban J connectivity index is 2.47. The Hall–Kier alpha value is -0.120. The van der Waals surface area contributed by atoms with Crippen molar-refractivity contribution in [2.45, 2.75) is 52.7 Å². The summed E-state index contributed by atoms with van der Waals surface area (Å²) >= 11 is 0. The summed E-state index contributed by atoms with van der Waals surface area (Å²) in [6, 6.07) is 0. The minimum Gasteiger partial charge on any atom is -0.368 e. The molecule has 96 valence electrons. The molecule has 1 atom stereocenters. The molecule has 0 spiro atoms. The molecule has 0 bridgehead atoms. The Labute approximate surface area is 100 Å². The van der Waals surface area contributed by atoms with E-state index in [1.165, 1.54) is 6.42 Å². The highest BCUT2D eigenvalue weighted by Crippen LogP contribution is 2.24. The summed E-state index contributed by atoms with van der Waals surface area (Å²) in [6.45, 7) is 14.9. The maximum absolute atomic E-state index is 5.92. The molecule has 1 unspecified atom stereocenters. The van der Waals surface area contributed by atoms with Crippen molar-refractivity contribution in [3.63, 3.8) is 0 Å². The molecular weight excluding hydrogens is 200 g/mol. The zero-order valence-corrected chi connectivity index (χ0v) is 11.5. The van der Waals surface area contributed by atoms with Crippen LogP contribution in [0.25, 0.3) is 0 Å². The van der Waals surface area contributed by atoms with Gasteiger partial charge in [0.1, 0.15) is 0 Å². The van der Waals surface area contributed by atoms with Crippen LogP contribution in [0.15, 0.2) is 0 Å². The number of hydrogen-bond acceptors (Lipinski definition) is 3. The van der Waals surface area contributed by atoms with Crippen molar-refractivity contribution >= 4 is 0 Å². The molecule has 3 nitrogen and oxygen atoms in total. The molecule has 0 aromatic heterocycles. The lowest BCUT2D eigenvalue weighted by Gasteiger charge is -2.43. The molecule has 0 aliphatic carbocycles. The first kappa shape index (κ1) is 13.9. The van der Waals surface area contributed by atoms with Gasteiger partial charge in [0, 0.05) is 19.6 Å². The second-order valence-electron chi connectivity index (χ2n) is 6.78. The largest absolute Gasteiger partial charge is 0.368 e. The van der Waals surface area contributed by atoms with Gasteiger partial charge in [-0.3, -0.25) is 4.90 Å². The van der Waals surface area contributed by atoms with Gasteiger partial charge >= 0.3 is 0 Å². The zero-order valence-electron chi connectivity index (χ0n) is 11.5. The van der Waals surface area contributed by atoms with Crippen LogP contribution in [0.2, 0.25) is 0 Å². The SMILES string of the molecule is CC(C)(C)CCN1CC(CN)OC(C)(C)C1. The normalized spacial score (nSPS) is 27.0. The summed E-state index contributed by atoms with van der Waals surface area (Å²) in [4.78, 5) is 2.49. The Morgan fingerprint density at radius 2 is 2.00 bits per heavy atom. The van der Waals surface area contributed by atoms with Crippen LogP contribution in [0.5, 0.6) is 0 Å². The molecule has 1 fully saturated rings. The average molecular weight is 228 g/mol. The van der Waals surface area contributed by atoms with Gasteiger partial charge in [0.15, 0.2) is 0 Å². The van der Waals surface area contributed by atoms with E-state index in [-0.39, 0.29) is 11.7 Å². The van der Waals surface area contributed by atoms with E-state index in [1.54, 1.807) is 0 Å². The first-order valence-electron chi connectivity index (χ1n) is 6.32. The van der Waals surface area contributed by atoms with Crippen molar-refractivity contribution in [1.29, 1.82) is 0 Å². The fourth-order valence-corrected chi connectivity index (χ4v) is 2.20. The van der Waals surface area contributed by atoms with E-state index in [0.717, 1.165) is 19.6 Å². The molecule has 0 radical (unpaired) electrons. The average Bonchev–Trinajstić information content (AvgIpc) is 2.11. The van der Waals surface area contributed by atoms with E-state index in [1.807, 2.05) is 0 Å². The maximum atomic E-state index is 5.92. The monoisotopic (exact) mass is 228 g/mol. The molecule has 0 saturated carbocycles. The second-order valence-corrected chi connectivity index (χ2v) is 6.78. The highest BCUT2D eigenvalue weighted by Gasteiger charge is 2.32. The van der Waals surface area contributed by atoms with E-state index in [0.29, 0.717) is 12.0 Å². The van der Waals surface area contributed by atoms with Crippen LogP contribution in [0.3, 0.4) is 0 Å².